The van der Waals surface area contributed by atoms with Crippen LogP contribution in [0.5, 0.6) is 0 Å². The van der Waals surface area contributed by atoms with Gasteiger partial charge in [-0.15, -0.1) is 0 Å². The summed E-state index contributed by atoms with van der Waals surface area (Å²) in [6, 6.07) is 0.226. The number of nitrogens with two attached hydrogens (primary N) is 1. The Morgan fingerprint density at radius 3 is 2.10 bits per heavy atom. The first kappa shape index (κ1) is 19.4. The van der Waals surface area contributed by atoms with Crippen LogP contribution in [0.25, 0.3) is 0 Å². The molecule has 0 aliphatic carbocycles. The van der Waals surface area contributed by atoms with Crippen molar-refractivity contribution in [1.82, 2.24) is 10.2 Å². The number of nitrogens with zero attached hydrogens (tertiary/aromatic N) is 1. The minimum Gasteiger partial charge on any atom is -0.352 e. The van der Waals surface area contributed by atoms with E-state index in [1.165, 1.54) is 0 Å². The summed E-state index contributed by atoms with van der Waals surface area (Å²) in [4.78, 5) is 14.2. The lowest BCUT2D eigenvalue weighted by atomic mass is 9.88. The van der Waals surface area contributed by atoms with Gasteiger partial charge in [-0.05, 0) is 51.2 Å². The van der Waals surface area contributed by atoms with E-state index < -0.39 is 0 Å². The Labute approximate surface area is 125 Å². The SMILES string of the molecule is CC(C)C(CCN)CCC(=O)NC(CN(C)C)C(C)C. The monoisotopic (exact) mass is 285 g/mol. The van der Waals surface area contributed by atoms with Crippen molar-refractivity contribution in [2.75, 3.05) is 27.2 Å². The summed E-state index contributed by atoms with van der Waals surface area (Å²) < 4.78 is 0. The lowest BCUT2D eigenvalue weighted by Crippen LogP contribution is -2.45. The minimum atomic E-state index is 0.174. The Bertz CT molecular complexity index is 264. The second-order valence-electron chi connectivity index (χ2n) is 6.80. The van der Waals surface area contributed by atoms with E-state index in [-0.39, 0.29) is 11.9 Å². The molecule has 3 N–H and O–H groups in total. The maximum atomic E-state index is 12.1. The molecule has 0 bridgehead atoms. The quantitative estimate of drug-likeness (QED) is 0.646. The molecule has 0 aliphatic heterocycles. The first-order valence-electron chi connectivity index (χ1n) is 7.92. The molecule has 0 heterocycles. The second kappa shape index (κ2) is 10.2. The van der Waals surface area contributed by atoms with Crippen molar-refractivity contribution in [1.29, 1.82) is 0 Å². The van der Waals surface area contributed by atoms with Crippen LogP contribution >= 0.6 is 0 Å². The molecule has 120 valence electrons. The van der Waals surface area contributed by atoms with Crippen LogP contribution in [0.1, 0.15) is 47.0 Å². The van der Waals surface area contributed by atoms with Crippen LogP contribution in [0.15, 0.2) is 0 Å². The Hall–Kier alpha value is -0.610. The fraction of sp³-hybridized carbons (Fsp3) is 0.938. The third-order valence-electron chi connectivity index (χ3n) is 3.94. The molecule has 0 aromatic heterocycles. The van der Waals surface area contributed by atoms with E-state index in [0.29, 0.717) is 30.7 Å². The highest BCUT2D eigenvalue weighted by molar-refractivity contribution is 5.76. The number of rotatable bonds is 10. The van der Waals surface area contributed by atoms with E-state index in [1.54, 1.807) is 0 Å². The van der Waals surface area contributed by atoms with Gasteiger partial charge in [0.1, 0.15) is 0 Å². The average molecular weight is 285 g/mol. The molecule has 0 fully saturated rings. The van der Waals surface area contributed by atoms with Crippen molar-refractivity contribution in [3.63, 3.8) is 0 Å². The van der Waals surface area contributed by atoms with E-state index in [0.717, 1.165) is 19.4 Å². The number of hydrogen-bond donors (Lipinski definition) is 2. The largest absolute Gasteiger partial charge is 0.352 e. The highest BCUT2D eigenvalue weighted by Gasteiger charge is 2.19. The fourth-order valence-electron chi connectivity index (χ4n) is 2.44. The summed E-state index contributed by atoms with van der Waals surface area (Å²) in [5, 5.41) is 3.17. The predicted molar refractivity (Wildman–Crippen MR) is 86.6 cm³/mol. The summed E-state index contributed by atoms with van der Waals surface area (Å²) in [7, 11) is 4.08. The number of amides is 1. The van der Waals surface area contributed by atoms with Crippen molar-refractivity contribution >= 4 is 5.91 Å². The topological polar surface area (TPSA) is 58.4 Å². The van der Waals surface area contributed by atoms with E-state index in [2.05, 4.69) is 37.9 Å². The maximum Gasteiger partial charge on any atom is 0.220 e. The molecule has 0 aromatic carbocycles. The summed E-state index contributed by atoms with van der Waals surface area (Å²) in [5.41, 5.74) is 5.64. The Morgan fingerprint density at radius 1 is 1.10 bits per heavy atom. The first-order valence-corrected chi connectivity index (χ1v) is 7.92. The lowest BCUT2D eigenvalue weighted by molar-refractivity contribution is -0.122. The molecule has 1 amide bonds. The molecular weight excluding hydrogens is 250 g/mol. The average Bonchev–Trinajstić information content (AvgIpc) is 2.32. The molecule has 0 saturated heterocycles. The molecule has 4 nitrogen and oxygen atoms in total. The number of likely N-dealkylation sites (N-methyl/N-ethyl adjacent to an activating group) is 1. The Balaban J connectivity index is 4.24. The molecule has 2 unspecified atom stereocenters. The van der Waals surface area contributed by atoms with Crippen LogP contribution < -0.4 is 11.1 Å². The maximum absolute atomic E-state index is 12.1. The molecule has 0 aliphatic rings. The summed E-state index contributed by atoms with van der Waals surface area (Å²) in [6.07, 6.45) is 2.56. The van der Waals surface area contributed by atoms with Gasteiger partial charge in [-0.3, -0.25) is 4.79 Å². The zero-order valence-electron chi connectivity index (χ0n) is 14.3. The van der Waals surface area contributed by atoms with Gasteiger partial charge in [0.15, 0.2) is 0 Å². The smallest absolute Gasteiger partial charge is 0.220 e. The highest BCUT2D eigenvalue weighted by atomic mass is 16.1. The molecule has 0 spiro atoms. The van der Waals surface area contributed by atoms with Crippen LogP contribution in [-0.2, 0) is 4.79 Å². The van der Waals surface area contributed by atoms with Crippen molar-refractivity contribution in [3.05, 3.63) is 0 Å². The zero-order chi connectivity index (χ0) is 15.7. The van der Waals surface area contributed by atoms with Gasteiger partial charge < -0.3 is 16.0 Å². The van der Waals surface area contributed by atoms with Crippen molar-refractivity contribution in [3.8, 4) is 0 Å². The first-order chi connectivity index (χ1) is 9.27. The summed E-state index contributed by atoms with van der Waals surface area (Å²) >= 11 is 0. The van der Waals surface area contributed by atoms with E-state index in [1.807, 2.05) is 14.1 Å². The van der Waals surface area contributed by atoms with Gasteiger partial charge in [0.25, 0.3) is 0 Å². The molecule has 20 heavy (non-hydrogen) atoms. The Kier molecular flexibility index (Phi) is 9.86. The van der Waals surface area contributed by atoms with Crippen LogP contribution in [-0.4, -0.2) is 44.0 Å². The third-order valence-corrected chi connectivity index (χ3v) is 3.94. The standard InChI is InChI=1S/C16H35N3O/c1-12(2)14(9-10-17)7-8-16(20)18-15(13(3)4)11-19(5)6/h12-15H,7-11,17H2,1-6H3,(H,18,20). The predicted octanol–water partition coefficient (Wildman–Crippen LogP) is 2.09. The van der Waals surface area contributed by atoms with Gasteiger partial charge in [-0.2, -0.15) is 0 Å². The van der Waals surface area contributed by atoms with Crippen molar-refractivity contribution in [2.45, 2.75) is 53.0 Å². The van der Waals surface area contributed by atoms with Crippen molar-refractivity contribution in [2.24, 2.45) is 23.5 Å². The fourth-order valence-corrected chi connectivity index (χ4v) is 2.44. The number of hydrogen-bond acceptors (Lipinski definition) is 3. The highest BCUT2D eigenvalue weighted by Crippen LogP contribution is 2.20. The molecule has 4 heteroatoms. The Morgan fingerprint density at radius 2 is 1.70 bits per heavy atom. The van der Waals surface area contributed by atoms with Crippen LogP contribution in [0, 0.1) is 17.8 Å². The molecule has 0 saturated carbocycles. The van der Waals surface area contributed by atoms with Crippen LogP contribution in [0.4, 0.5) is 0 Å². The summed E-state index contributed by atoms with van der Waals surface area (Å²) in [5.74, 6) is 1.77. The van der Waals surface area contributed by atoms with Crippen molar-refractivity contribution < 1.29 is 4.79 Å². The van der Waals surface area contributed by atoms with Gasteiger partial charge in [0.2, 0.25) is 5.91 Å². The minimum absolute atomic E-state index is 0.174. The molecule has 0 radical (unpaired) electrons. The van der Waals surface area contributed by atoms with Crippen LogP contribution in [0.2, 0.25) is 0 Å². The summed E-state index contributed by atoms with van der Waals surface area (Å²) in [6.45, 7) is 10.3. The number of carbonyl (C=O) groups is 1. The number of carbonyl (C=O) groups excluding carboxylic acids is 1. The van der Waals surface area contributed by atoms with Gasteiger partial charge in [-0.1, -0.05) is 27.7 Å². The lowest BCUT2D eigenvalue weighted by Gasteiger charge is -2.26. The van der Waals surface area contributed by atoms with Gasteiger partial charge in [-0.25, -0.2) is 0 Å². The second-order valence-corrected chi connectivity index (χ2v) is 6.80. The molecular formula is C16H35N3O. The normalized spacial score (nSPS) is 14.9. The van der Waals surface area contributed by atoms with Gasteiger partial charge in [0.05, 0.1) is 0 Å². The van der Waals surface area contributed by atoms with Crippen LogP contribution in [0.3, 0.4) is 0 Å². The van der Waals surface area contributed by atoms with E-state index in [4.69, 9.17) is 5.73 Å². The molecule has 2 atom stereocenters. The van der Waals surface area contributed by atoms with Gasteiger partial charge >= 0.3 is 0 Å². The van der Waals surface area contributed by atoms with E-state index >= 15 is 0 Å². The third kappa shape index (κ3) is 8.54. The molecule has 0 rings (SSSR count). The van der Waals surface area contributed by atoms with E-state index in [9.17, 15) is 4.79 Å². The van der Waals surface area contributed by atoms with Gasteiger partial charge in [0, 0.05) is 19.0 Å². The number of nitrogens with one attached hydrogen (secondary N) is 1. The molecule has 0 aromatic rings. The zero-order valence-corrected chi connectivity index (χ0v) is 14.3.